The van der Waals surface area contributed by atoms with E-state index in [0.717, 1.165) is 16.2 Å². The van der Waals surface area contributed by atoms with Crippen molar-refractivity contribution in [1.29, 1.82) is 5.26 Å². The van der Waals surface area contributed by atoms with Crippen LogP contribution in [0.3, 0.4) is 0 Å². The van der Waals surface area contributed by atoms with Gasteiger partial charge in [0.1, 0.15) is 18.4 Å². The zero-order valence-electron chi connectivity index (χ0n) is 19.8. The van der Waals surface area contributed by atoms with Crippen LogP contribution in [0, 0.1) is 11.3 Å². The van der Waals surface area contributed by atoms with Crippen molar-refractivity contribution >= 4 is 56.3 Å². The summed E-state index contributed by atoms with van der Waals surface area (Å²) in [5, 5.41) is 24.0. The molecule has 0 saturated carbocycles. The summed E-state index contributed by atoms with van der Waals surface area (Å²) in [6.45, 7) is 0.937. The standard InChI is InChI=1S/C26H20Cl2N6O3/c1-35-23-12-21(19(27)11-20(23)28)32-24-15(13-29)14-30-25-16-5-6-22(37-10-9-34-8-7-31-33-34)26(36-2)17(16)3-4-18(24)25/h3-8,11-12,14H,9-10H2,1-2H3,(H,30,32). The molecule has 2 aromatic heterocycles. The summed E-state index contributed by atoms with van der Waals surface area (Å²) in [6, 6.07) is 13.0. The van der Waals surface area contributed by atoms with Crippen molar-refractivity contribution in [2.75, 3.05) is 26.1 Å². The zero-order chi connectivity index (χ0) is 25.9. The van der Waals surface area contributed by atoms with Gasteiger partial charge in [0.2, 0.25) is 0 Å². The summed E-state index contributed by atoms with van der Waals surface area (Å²) in [5.74, 6) is 1.64. The number of nitrogens with one attached hydrogen (secondary N) is 1. The van der Waals surface area contributed by atoms with Crippen LogP contribution in [0.2, 0.25) is 10.0 Å². The highest BCUT2D eigenvalue weighted by molar-refractivity contribution is 6.37. The zero-order valence-corrected chi connectivity index (χ0v) is 21.3. The summed E-state index contributed by atoms with van der Waals surface area (Å²) in [5.41, 5.74) is 2.15. The van der Waals surface area contributed by atoms with Crippen LogP contribution >= 0.6 is 23.2 Å². The van der Waals surface area contributed by atoms with Crippen molar-refractivity contribution in [1.82, 2.24) is 20.0 Å². The van der Waals surface area contributed by atoms with E-state index in [-0.39, 0.29) is 0 Å². The summed E-state index contributed by atoms with van der Waals surface area (Å²) < 4.78 is 18.7. The predicted octanol–water partition coefficient (Wildman–Crippen LogP) is 6.00. The predicted molar refractivity (Wildman–Crippen MR) is 142 cm³/mol. The number of fused-ring (bicyclic) bond motifs is 3. The summed E-state index contributed by atoms with van der Waals surface area (Å²) in [7, 11) is 3.12. The number of ether oxygens (including phenoxy) is 3. The van der Waals surface area contributed by atoms with Gasteiger partial charge in [0, 0.05) is 34.6 Å². The summed E-state index contributed by atoms with van der Waals surface area (Å²) in [4.78, 5) is 4.60. The number of pyridine rings is 1. The van der Waals surface area contributed by atoms with Gasteiger partial charge in [-0.3, -0.25) is 4.98 Å². The first-order valence-corrected chi connectivity index (χ1v) is 11.9. The third-order valence-corrected chi connectivity index (χ3v) is 6.43. The largest absolute Gasteiger partial charge is 0.495 e. The molecule has 0 bridgehead atoms. The first-order valence-electron chi connectivity index (χ1n) is 11.1. The Morgan fingerprint density at radius 3 is 2.54 bits per heavy atom. The van der Waals surface area contributed by atoms with Crippen molar-refractivity contribution < 1.29 is 14.2 Å². The number of benzene rings is 3. The molecule has 5 aromatic rings. The number of hydrogen-bond donors (Lipinski definition) is 1. The fraction of sp³-hybridized carbons (Fsp3) is 0.154. The topological polar surface area (TPSA) is 107 Å². The van der Waals surface area contributed by atoms with E-state index < -0.39 is 0 Å². The Balaban J connectivity index is 1.57. The molecule has 0 aliphatic rings. The van der Waals surface area contributed by atoms with Gasteiger partial charge >= 0.3 is 0 Å². The number of hydrogen-bond acceptors (Lipinski definition) is 8. The molecular weight excluding hydrogens is 515 g/mol. The Hall–Kier alpha value is -4.26. The Kier molecular flexibility index (Phi) is 6.86. The maximum Gasteiger partial charge on any atom is 0.168 e. The first-order chi connectivity index (χ1) is 18.0. The molecule has 1 N–H and O–H groups in total. The molecule has 0 unspecified atom stereocenters. The highest BCUT2D eigenvalue weighted by Gasteiger charge is 2.17. The van der Waals surface area contributed by atoms with Crippen molar-refractivity contribution in [3.05, 3.63) is 70.6 Å². The minimum Gasteiger partial charge on any atom is -0.495 e. The smallest absolute Gasteiger partial charge is 0.168 e. The lowest BCUT2D eigenvalue weighted by molar-refractivity contribution is 0.274. The molecule has 0 aliphatic heterocycles. The van der Waals surface area contributed by atoms with Crippen LogP contribution < -0.4 is 19.5 Å². The van der Waals surface area contributed by atoms with Gasteiger partial charge in [-0.15, -0.1) is 5.10 Å². The van der Waals surface area contributed by atoms with E-state index in [1.54, 1.807) is 36.3 Å². The molecule has 2 heterocycles. The summed E-state index contributed by atoms with van der Waals surface area (Å²) in [6.07, 6.45) is 4.92. The van der Waals surface area contributed by atoms with Crippen molar-refractivity contribution in [2.24, 2.45) is 0 Å². The molecule has 0 spiro atoms. The number of methoxy groups -OCH3 is 2. The van der Waals surface area contributed by atoms with Crippen molar-refractivity contribution in [2.45, 2.75) is 6.54 Å². The van der Waals surface area contributed by atoms with Crippen LogP contribution in [-0.2, 0) is 6.54 Å². The number of anilines is 2. The van der Waals surface area contributed by atoms with Crippen LogP contribution in [0.5, 0.6) is 17.2 Å². The molecule has 0 aliphatic carbocycles. The minimum absolute atomic E-state index is 0.358. The number of nitrogens with zero attached hydrogens (tertiary/aromatic N) is 5. The third-order valence-electron chi connectivity index (χ3n) is 5.82. The van der Waals surface area contributed by atoms with E-state index in [1.807, 2.05) is 24.3 Å². The highest BCUT2D eigenvalue weighted by Crippen LogP contribution is 2.42. The molecule has 0 saturated heterocycles. The van der Waals surface area contributed by atoms with Crippen LogP contribution in [0.25, 0.3) is 21.7 Å². The van der Waals surface area contributed by atoms with Crippen molar-refractivity contribution in [3.63, 3.8) is 0 Å². The Labute approximate surface area is 222 Å². The maximum atomic E-state index is 9.80. The van der Waals surface area contributed by atoms with E-state index in [1.165, 1.54) is 13.3 Å². The van der Waals surface area contributed by atoms with Crippen molar-refractivity contribution in [3.8, 4) is 23.3 Å². The number of aromatic nitrogens is 4. The Bertz CT molecular complexity index is 1650. The lowest BCUT2D eigenvalue weighted by Crippen LogP contribution is -2.09. The van der Waals surface area contributed by atoms with Gasteiger partial charge < -0.3 is 19.5 Å². The third kappa shape index (κ3) is 4.65. The van der Waals surface area contributed by atoms with Gasteiger partial charge in [0.05, 0.1) is 59.5 Å². The second kappa shape index (κ2) is 10.4. The molecular formula is C26H20Cl2N6O3. The molecule has 3 aromatic carbocycles. The second-order valence-electron chi connectivity index (χ2n) is 7.92. The van der Waals surface area contributed by atoms with Crippen LogP contribution in [0.4, 0.5) is 11.4 Å². The van der Waals surface area contributed by atoms with Crippen LogP contribution in [-0.4, -0.2) is 40.8 Å². The minimum atomic E-state index is 0.358. The highest BCUT2D eigenvalue weighted by atomic mass is 35.5. The average Bonchev–Trinajstić information content (AvgIpc) is 3.43. The van der Waals surface area contributed by atoms with Gasteiger partial charge in [-0.25, -0.2) is 4.68 Å². The number of rotatable bonds is 8. The Morgan fingerprint density at radius 1 is 1.00 bits per heavy atom. The molecule has 5 rings (SSSR count). The number of nitriles is 1. The maximum absolute atomic E-state index is 9.80. The molecule has 9 nitrogen and oxygen atoms in total. The van der Waals surface area contributed by atoms with Gasteiger partial charge in [0.25, 0.3) is 0 Å². The molecule has 0 amide bonds. The van der Waals surface area contributed by atoms with Gasteiger partial charge in [0.15, 0.2) is 11.5 Å². The van der Waals surface area contributed by atoms with E-state index in [0.29, 0.717) is 62.9 Å². The fourth-order valence-electron chi connectivity index (χ4n) is 4.08. The fourth-order valence-corrected chi connectivity index (χ4v) is 4.59. The molecule has 11 heteroatoms. The average molecular weight is 535 g/mol. The molecule has 37 heavy (non-hydrogen) atoms. The molecule has 186 valence electrons. The van der Waals surface area contributed by atoms with E-state index in [4.69, 9.17) is 37.4 Å². The quantitative estimate of drug-likeness (QED) is 0.241. The number of halogens is 2. The van der Waals surface area contributed by atoms with Gasteiger partial charge in [-0.05, 0) is 30.3 Å². The Morgan fingerprint density at radius 2 is 1.81 bits per heavy atom. The molecule has 0 radical (unpaired) electrons. The molecule has 0 fully saturated rings. The van der Waals surface area contributed by atoms with Gasteiger partial charge in [-0.1, -0.05) is 28.4 Å². The lowest BCUT2D eigenvalue weighted by atomic mass is 10.0. The van der Waals surface area contributed by atoms with E-state index in [9.17, 15) is 5.26 Å². The van der Waals surface area contributed by atoms with E-state index in [2.05, 4.69) is 26.7 Å². The summed E-state index contributed by atoms with van der Waals surface area (Å²) >= 11 is 12.6. The second-order valence-corrected chi connectivity index (χ2v) is 8.73. The normalized spacial score (nSPS) is 10.9. The van der Waals surface area contributed by atoms with Gasteiger partial charge in [-0.2, -0.15) is 5.26 Å². The monoisotopic (exact) mass is 534 g/mol. The molecule has 0 atom stereocenters. The SMILES string of the molecule is COc1cc(Nc2c(C#N)cnc3c2ccc2c(OC)c(OCCn4ccnn4)ccc23)c(Cl)cc1Cl. The van der Waals surface area contributed by atoms with E-state index >= 15 is 0 Å². The first kappa shape index (κ1) is 24.4. The van der Waals surface area contributed by atoms with Crippen LogP contribution in [0.15, 0.2) is 55.0 Å². The van der Waals surface area contributed by atoms with Crippen LogP contribution in [0.1, 0.15) is 5.56 Å². The lowest BCUT2D eigenvalue weighted by Gasteiger charge is -2.17.